The third-order valence-corrected chi connectivity index (χ3v) is 4.36. The van der Waals surface area contributed by atoms with E-state index >= 15 is 0 Å². The highest BCUT2D eigenvalue weighted by Gasteiger charge is 2.22. The van der Waals surface area contributed by atoms with E-state index in [9.17, 15) is 18.7 Å². The van der Waals surface area contributed by atoms with Crippen molar-refractivity contribution in [2.45, 2.75) is 13.3 Å². The van der Waals surface area contributed by atoms with Crippen LogP contribution in [0.25, 0.3) is 17.1 Å². The van der Waals surface area contributed by atoms with Gasteiger partial charge < -0.3 is 14.7 Å². The summed E-state index contributed by atoms with van der Waals surface area (Å²) in [4.78, 5) is 13.1. The fourth-order valence-corrected chi connectivity index (χ4v) is 2.84. The van der Waals surface area contributed by atoms with Crippen LogP contribution in [0.4, 0.5) is 13.6 Å². The lowest BCUT2D eigenvalue weighted by Gasteiger charge is -2.16. The highest BCUT2D eigenvalue weighted by molar-refractivity contribution is 6.29. The van der Waals surface area contributed by atoms with Gasteiger partial charge >= 0.3 is 6.09 Å². The van der Waals surface area contributed by atoms with Crippen molar-refractivity contribution in [2.24, 2.45) is 0 Å². The van der Waals surface area contributed by atoms with Crippen LogP contribution in [0.2, 0.25) is 0 Å². The van der Waals surface area contributed by atoms with Gasteiger partial charge in [-0.05, 0) is 30.2 Å². The first-order valence-corrected chi connectivity index (χ1v) is 8.86. The van der Waals surface area contributed by atoms with Crippen molar-refractivity contribution in [1.29, 1.82) is 0 Å². The Bertz CT molecular complexity index is 1090. The standard InChI is InChI=1S/C19H19BF2N4O3/c1-4-10-8-11(14(27)9-15(10)29-19(28)25(2)3)17-23-24-18(20)26(17)13-7-5-6-12(21)16(13)22/h5-9,27H,4,20H2,1-3H3. The van der Waals surface area contributed by atoms with Gasteiger partial charge in [0.05, 0.1) is 17.0 Å². The van der Waals surface area contributed by atoms with Crippen molar-refractivity contribution >= 4 is 19.7 Å². The highest BCUT2D eigenvalue weighted by atomic mass is 19.2. The molecule has 0 unspecified atom stereocenters. The van der Waals surface area contributed by atoms with Crippen LogP contribution in [-0.4, -0.2) is 52.8 Å². The number of benzene rings is 2. The molecule has 0 fully saturated rings. The van der Waals surface area contributed by atoms with Gasteiger partial charge in [-0.2, -0.15) is 0 Å². The van der Waals surface area contributed by atoms with Crippen LogP contribution >= 0.6 is 0 Å². The van der Waals surface area contributed by atoms with Crippen LogP contribution in [0.5, 0.6) is 11.5 Å². The molecule has 2 aromatic carbocycles. The Hall–Kier alpha value is -3.43. The number of phenols is 1. The molecule has 1 heterocycles. The van der Waals surface area contributed by atoms with E-state index in [4.69, 9.17) is 4.74 Å². The predicted molar refractivity (Wildman–Crippen MR) is 106 cm³/mol. The summed E-state index contributed by atoms with van der Waals surface area (Å²) in [6, 6.07) is 6.66. The average Bonchev–Trinajstić information content (AvgIpc) is 3.05. The molecule has 0 aliphatic rings. The number of amides is 1. The molecule has 0 atom stereocenters. The van der Waals surface area contributed by atoms with Crippen LogP contribution in [-0.2, 0) is 6.42 Å². The maximum absolute atomic E-state index is 14.4. The Morgan fingerprint density at radius 2 is 2.00 bits per heavy atom. The maximum Gasteiger partial charge on any atom is 0.414 e. The molecule has 7 nitrogen and oxygen atoms in total. The number of hydrogen-bond acceptors (Lipinski definition) is 5. The molecule has 0 saturated heterocycles. The lowest BCUT2D eigenvalue weighted by molar-refractivity contribution is 0.171. The number of phenolic OH excluding ortho intramolecular Hbond substituents is 1. The number of aromatic nitrogens is 3. The van der Waals surface area contributed by atoms with E-state index in [1.807, 2.05) is 6.92 Å². The quantitative estimate of drug-likeness (QED) is 0.676. The van der Waals surface area contributed by atoms with Gasteiger partial charge in [0.25, 0.3) is 0 Å². The molecule has 0 spiro atoms. The zero-order valence-electron chi connectivity index (χ0n) is 16.4. The zero-order chi connectivity index (χ0) is 21.3. The Labute approximate surface area is 167 Å². The number of aromatic hydroxyl groups is 1. The van der Waals surface area contributed by atoms with Crippen LogP contribution < -0.4 is 10.5 Å². The molecular weight excluding hydrogens is 381 g/mol. The number of hydrogen-bond donors (Lipinski definition) is 1. The molecule has 1 amide bonds. The van der Waals surface area contributed by atoms with Crippen molar-refractivity contribution in [3.8, 4) is 28.6 Å². The van der Waals surface area contributed by atoms with Gasteiger partial charge in [0.15, 0.2) is 25.3 Å². The second-order valence-corrected chi connectivity index (χ2v) is 6.57. The summed E-state index contributed by atoms with van der Waals surface area (Å²) >= 11 is 0. The largest absolute Gasteiger partial charge is 0.507 e. The van der Waals surface area contributed by atoms with Crippen LogP contribution in [0.15, 0.2) is 30.3 Å². The number of halogens is 2. The molecule has 3 aromatic rings. The number of aryl methyl sites for hydroxylation is 1. The van der Waals surface area contributed by atoms with Crippen molar-refractivity contribution < 1.29 is 23.4 Å². The molecule has 0 radical (unpaired) electrons. The van der Waals surface area contributed by atoms with E-state index in [1.54, 1.807) is 28.0 Å². The third-order valence-electron chi connectivity index (χ3n) is 4.36. The summed E-state index contributed by atoms with van der Waals surface area (Å²) in [5.41, 5.74) is 1.10. The number of carbonyl (C=O) groups excluding carboxylic acids is 1. The van der Waals surface area contributed by atoms with Crippen LogP contribution in [0, 0.1) is 11.6 Å². The minimum absolute atomic E-state index is 0.0805. The van der Waals surface area contributed by atoms with Gasteiger partial charge in [0.2, 0.25) is 0 Å². The summed E-state index contributed by atoms with van der Waals surface area (Å²) in [5.74, 6) is -1.97. The first-order valence-electron chi connectivity index (χ1n) is 8.86. The smallest absolute Gasteiger partial charge is 0.414 e. The van der Waals surface area contributed by atoms with Gasteiger partial charge in [-0.25, -0.2) is 13.6 Å². The maximum atomic E-state index is 14.4. The molecule has 3 rings (SSSR count). The predicted octanol–water partition coefficient (Wildman–Crippen LogP) is 1.80. The summed E-state index contributed by atoms with van der Waals surface area (Å²) in [6.07, 6.45) is -0.0993. The number of carbonyl (C=O) groups is 1. The first-order chi connectivity index (χ1) is 13.7. The molecule has 1 N–H and O–H groups in total. The zero-order valence-corrected chi connectivity index (χ0v) is 16.4. The number of rotatable bonds is 4. The fraction of sp³-hybridized carbons (Fsp3) is 0.211. The van der Waals surface area contributed by atoms with Gasteiger partial charge in [-0.1, -0.05) is 13.0 Å². The van der Waals surface area contributed by atoms with Gasteiger partial charge in [-0.3, -0.25) is 4.57 Å². The minimum Gasteiger partial charge on any atom is -0.507 e. The molecule has 0 bridgehead atoms. The van der Waals surface area contributed by atoms with E-state index in [2.05, 4.69) is 10.2 Å². The Kier molecular flexibility index (Phi) is 5.53. The molecule has 29 heavy (non-hydrogen) atoms. The van der Waals surface area contributed by atoms with E-state index in [1.165, 1.54) is 27.7 Å². The van der Waals surface area contributed by atoms with Gasteiger partial charge in [-0.15, -0.1) is 10.2 Å². The minimum atomic E-state index is -1.05. The van der Waals surface area contributed by atoms with E-state index in [0.29, 0.717) is 17.7 Å². The van der Waals surface area contributed by atoms with Crippen molar-refractivity contribution in [3.63, 3.8) is 0 Å². The second-order valence-electron chi connectivity index (χ2n) is 6.57. The molecule has 10 heteroatoms. The summed E-state index contributed by atoms with van der Waals surface area (Å²) in [6.45, 7) is 1.85. The van der Waals surface area contributed by atoms with Crippen LogP contribution in [0.1, 0.15) is 12.5 Å². The lowest BCUT2D eigenvalue weighted by Crippen LogP contribution is -2.25. The highest BCUT2D eigenvalue weighted by Crippen LogP contribution is 2.36. The van der Waals surface area contributed by atoms with Crippen molar-refractivity contribution in [2.75, 3.05) is 14.1 Å². The number of nitrogens with zero attached hydrogens (tertiary/aromatic N) is 4. The van der Waals surface area contributed by atoms with E-state index < -0.39 is 17.7 Å². The molecule has 1 aromatic heterocycles. The Morgan fingerprint density at radius 1 is 1.28 bits per heavy atom. The Morgan fingerprint density at radius 3 is 2.66 bits per heavy atom. The van der Waals surface area contributed by atoms with Crippen LogP contribution in [0.3, 0.4) is 0 Å². The molecule has 0 saturated carbocycles. The monoisotopic (exact) mass is 400 g/mol. The van der Waals surface area contributed by atoms with E-state index in [-0.39, 0.29) is 28.6 Å². The SMILES string of the molecule is Bc1nnc(-c2cc(CC)c(OC(=O)N(C)C)cc2O)n1-c1cccc(F)c1F. The lowest BCUT2D eigenvalue weighted by atomic mass is 10.0. The number of ether oxygens (including phenoxy) is 1. The van der Waals surface area contributed by atoms with Crippen molar-refractivity contribution in [3.05, 3.63) is 47.5 Å². The third kappa shape index (κ3) is 3.78. The normalized spacial score (nSPS) is 10.8. The average molecular weight is 400 g/mol. The fourth-order valence-electron chi connectivity index (χ4n) is 2.84. The Balaban J connectivity index is 2.16. The van der Waals surface area contributed by atoms with Gasteiger partial charge in [0.1, 0.15) is 11.5 Å². The molecule has 0 aliphatic heterocycles. The van der Waals surface area contributed by atoms with Gasteiger partial charge in [0, 0.05) is 20.2 Å². The first kappa shape index (κ1) is 20.3. The molecular formula is C19H19BF2N4O3. The van der Waals surface area contributed by atoms with E-state index in [0.717, 1.165) is 6.07 Å². The second kappa shape index (κ2) is 7.90. The summed E-state index contributed by atoms with van der Waals surface area (Å²) in [7, 11) is 4.67. The van der Waals surface area contributed by atoms with Crippen molar-refractivity contribution in [1.82, 2.24) is 19.7 Å². The molecule has 150 valence electrons. The topological polar surface area (TPSA) is 80.5 Å². The molecule has 0 aliphatic carbocycles. The summed E-state index contributed by atoms with van der Waals surface area (Å²) in [5, 5.41) is 18.6. The summed E-state index contributed by atoms with van der Waals surface area (Å²) < 4.78 is 34.8.